The van der Waals surface area contributed by atoms with Crippen LogP contribution in [-0.4, -0.2) is 67.4 Å². The number of hydrogen-bond acceptors (Lipinski definition) is 9. The Kier molecular flexibility index (Phi) is 8.20. The lowest BCUT2D eigenvalue weighted by atomic mass is 10.0. The second-order valence-electron chi connectivity index (χ2n) is 13.7. The Hall–Kier alpha value is -3.45. The molecule has 13 heteroatoms. The van der Waals surface area contributed by atoms with E-state index in [1.807, 2.05) is 6.07 Å². The van der Waals surface area contributed by atoms with Gasteiger partial charge < -0.3 is 15.0 Å². The van der Waals surface area contributed by atoms with Crippen molar-refractivity contribution in [1.29, 1.82) is 0 Å². The van der Waals surface area contributed by atoms with E-state index in [-0.39, 0.29) is 16.1 Å². The number of carbonyl (C=O) groups excluding carboxylic acids is 1. The molecule has 6 rings (SSSR count). The van der Waals surface area contributed by atoms with Crippen LogP contribution in [0.5, 0.6) is 5.88 Å². The molecule has 2 aliphatic heterocycles. The quantitative estimate of drug-likeness (QED) is 0.361. The van der Waals surface area contributed by atoms with Crippen molar-refractivity contribution in [1.82, 2.24) is 24.5 Å². The van der Waals surface area contributed by atoms with Crippen LogP contribution in [0.15, 0.2) is 47.6 Å². The lowest BCUT2D eigenvalue weighted by molar-refractivity contribution is 0.0981. The van der Waals surface area contributed by atoms with Crippen LogP contribution in [0.4, 0.5) is 11.6 Å². The highest BCUT2D eigenvalue weighted by atomic mass is 32.2. The molecule has 1 aliphatic carbocycles. The van der Waals surface area contributed by atoms with Crippen LogP contribution >= 0.6 is 0 Å². The predicted octanol–water partition coefficient (Wildman–Crippen LogP) is 5.23. The lowest BCUT2D eigenvalue weighted by Gasteiger charge is -2.34. The molecule has 1 atom stereocenters. The number of fused-ring (bicyclic) bond motifs is 6. The Morgan fingerprint density at radius 3 is 2.68 bits per heavy atom. The largest absolute Gasteiger partial charge is 0.477 e. The molecule has 1 saturated heterocycles. The maximum atomic E-state index is 13.7. The topological polar surface area (TPSA) is 131 Å². The highest BCUT2D eigenvalue weighted by molar-refractivity contribution is 7.90. The van der Waals surface area contributed by atoms with Gasteiger partial charge in [0.05, 0.1) is 20.2 Å². The Morgan fingerprint density at radius 2 is 1.89 bits per heavy atom. The van der Waals surface area contributed by atoms with E-state index < -0.39 is 24.0 Å². The molecule has 11 nitrogen and oxygen atoms in total. The number of sulfonamides is 1. The summed E-state index contributed by atoms with van der Waals surface area (Å²) in [7, 11) is -6.00. The number of amides is 1. The molecule has 236 valence electrons. The van der Waals surface area contributed by atoms with E-state index in [2.05, 4.69) is 52.0 Å². The minimum Gasteiger partial charge on any atom is -0.477 e. The molecular formula is C31H43N7O4SSi. The van der Waals surface area contributed by atoms with E-state index in [1.165, 1.54) is 31.7 Å². The van der Waals surface area contributed by atoms with Crippen LogP contribution in [-0.2, 0) is 10.0 Å². The summed E-state index contributed by atoms with van der Waals surface area (Å²) in [4.78, 5) is 25.2. The molecule has 5 heterocycles. The molecule has 4 bridgehead atoms. The van der Waals surface area contributed by atoms with Crippen LogP contribution in [0, 0.1) is 5.92 Å². The number of rotatable bonds is 5. The monoisotopic (exact) mass is 637 g/mol. The zero-order valence-electron chi connectivity index (χ0n) is 26.0. The molecule has 44 heavy (non-hydrogen) atoms. The summed E-state index contributed by atoms with van der Waals surface area (Å²) < 4.78 is 36.5. The van der Waals surface area contributed by atoms with Crippen molar-refractivity contribution in [2.24, 2.45) is 5.92 Å². The summed E-state index contributed by atoms with van der Waals surface area (Å²) >= 11 is 0. The normalized spacial score (nSPS) is 22.8. The van der Waals surface area contributed by atoms with Gasteiger partial charge >= 0.3 is 0 Å². The van der Waals surface area contributed by atoms with Gasteiger partial charge in [0, 0.05) is 30.9 Å². The van der Waals surface area contributed by atoms with Gasteiger partial charge in [-0.05, 0) is 68.5 Å². The molecule has 3 aromatic rings. The standard InChI is InChI=1S/C31H43N7O4SSi/c1-31(2)20-23-21-37(31)29-24(12-13-26(34-29)38-17-14-27(35-38)42-18-15-22-8-5-6-9-22)30(39)36-43(40,41)28-11-7-10-25(33-28)32-16-19-44(23,3)4/h7,10-14,17,22-23H,5-6,8-9,15-16,18-21H2,1-4H3,(H,32,33)(H,36,39). The number of anilines is 2. The molecule has 3 aliphatic rings. The van der Waals surface area contributed by atoms with Gasteiger partial charge in [-0.15, -0.1) is 5.10 Å². The van der Waals surface area contributed by atoms with Crippen molar-refractivity contribution in [2.45, 2.75) is 87.6 Å². The van der Waals surface area contributed by atoms with Gasteiger partial charge in [0.1, 0.15) is 11.6 Å². The van der Waals surface area contributed by atoms with Crippen LogP contribution in [0.25, 0.3) is 5.82 Å². The molecule has 3 aromatic heterocycles. The number of aromatic nitrogens is 4. The Morgan fingerprint density at radius 1 is 1.09 bits per heavy atom. The first kappa shape index (κ1) is 30.6. The number of nitrogens with zero attached hydrogens (tertiary/aromatic N) is 5. The zero-order chi connectivity index (χ0) is 31.1. The molecule has 0 aromatic carbocycles. The van der Waals surface area contributed by atoms with E-state index in [9.17, 15) is 13.2 Å². The molecule has 1 unspecified atom stereocenters. The second-order valence-corrected chi connectivity index (χ2v) is 20.6. The number of carbonyl (C=O) groups is 1. The third kappa shape index (κ3) is 6.34. The highest BCUT2D eigenvalue weighted by Crippen LogP contribution is 2.46. The zero-order valence-corrected chi connectivity index (χ0v) is 27.9. The van der Waals surface area contributed by atoms with Crippen molar-refractivity contribution >= 4 is 35.6 Å². The van der Waals surface area contributed by atoms with Crippen LogP contribution in [0.2, 0.25) is 24.7 Å². The first-order chi connectivity index (χ1) is 20.9. The van der Waals surface area contributed by atoms with Gasteiger partial charge in [0.25, 0.3) is 15.9 Å². The fraction of sp³-hybridized carbons (Fsp3) is 0.548. The fourth-order valence-electron chi connectivity index (χ4n) is 6.84. The number of hydrogen-bond donors (Lipinski definition) is 2. The first-order valence-electron chi connectivity index (χ1n) is 15.7. The highest BCUT2D eigenvalue weighted by Gasteiger charge is 2.47. The van der Waals surface area contributed by atoms with Gasteiger partial charge in [-0.25, -0.2) is 19.4 Å². The van der Waals surface area contributed by atoms with Gasteiger partial charge in [0.15, 0.2) is 10.8 Å². The van der Waals surface area contributed by atoms with E-state index >= 15 is 0 Å². The van der Waals surface area contributed by atoms with Crippen LogP contribution in [0.3, 0.4) is 0 Å². The van der Waals surface area contributed by atoms with E-state index in [0.29, 0.717) is 42.0 Å². The number of ether oxygens (including phenoxy) is 1. The predicted molar refractivity (Wildman–Crippen MR) is 173 cm³/mol. The molecule has 1 amide bonds. The third-order valence-corrected chi connectivity index (χ3v) is 15.1. The van der Waals surface area contributed by atoms with E-state index in [4.69, 9.17) is 9.72 Å². The maximum Gasteiger partial charge on any atom is 0.281 e. The third-order valence-electron chi connectivity index (χ3n) is 9.70. The maximum absolute atomic E-state index is 13.7. The summed E-state index contributed by atoms with van der Waals surface area (Å²) in [6.45, 7) is 11.2. The number of nitrogens with one attached hydrogen (secondary N) is 2. The Labute approximate surface area is 260 Å². The SMILES string of the molecule is CC1(C)CC2CN1c1nc(-n3ccc(OCCC4CCCC4)n3)ccc1C(=O)NS(=O)(=O)c1cccc(n1)NCC[Si]2(C)C. The fourth-order valence-corrected chi connectivity index (χ4v) is 10.7. The van der Waals surface area contributed by atoms with Crippen LogP contribution < -0.4 is 19.7 Å². The average Bonchev–Trinajstić information content (AvgIpc) is 3.73. The first-order valence-corrected chi connectivity index (χ1v) is 20.4. The van der Waals surface area contributed by atoms with Gasteiger partial charge in [0.2, 0.25) is 5.88 Å². The summed E-state index contributed by atoms with van der Waals surface area (Å²) in [5.74, 6) is 1.96. The summed E-state index contributed by atoms with van der Waals surface area (Å²) in [5, 5.41) is 7.71. The van der Waals surface area contributed by atoms with E-state index in [1.54, 1.807) is 35.1 Å². The molecule has 0 radical (unpaired) electrons. The van der Waals surface area contributed by atoms with Gasteiger partial charge in [-0.3, -0.25) is 4.79 Å². The molecule has 2 N–H and O–H groups in total. The van der Waals surface area contributed by atoms with Crippen molar-refractivity contribution in [3.63, 3.8) is 0 Å². The minimum absolute atomic E-state index is 0.190. The number of pyridine rings is 2. The Bertz CT molecular complexity index is 1640. The summed E-state index contributed by atoms with van der Waals surface area (Å²) in [5.41, 5.74) is 0.331. The van der Waals surface area contributed by atoms with Crippen molar-refractivity contribution in [2.75, 3.05) is 29.9 Å². The Balaban J connectivity index is 1.35. The van der Waals surface area contributed by atoms with Crippen LogP contribution in [0.1, 0.15) is 62.7 Å². The van der Waals surface area contributed by atoms with Gasteiger partial charge in [-0.1, -0.05) is 44.8 Å². The van der Waals surface area contributed by atoms with E-state index in [0.717, 1.165) is 31.3 Å². The lowest BCUT2D eigenvalue weighted by Crippen LogP contribution is -2.41. The average molecular weight is 638 g/mol. The molecule has 2 fully saturated rings. The van der Waals surface area contributed by atoms with Crippen molar-refractivity contribution < 1.29 is 17.9 Å². The van der Waals surface area contributed by atoms with Gasteiger partial charge in [-0.2, -0.15) is 8.42 Å². The molecule has 1 saturated carbocycles. The second kappa shape index (κ2) is 11.8. The van der Waals surface area contributed by atoms with Crippen molar-refractivity contribution in [3.05, 3.63) is 48.2 Å². The minimum atomic E-state index is -4.23. The molecular weight excluding hydrogens is 595 g/mol. The smallest absolute Gasteiger partial charge is 0.281 e. The molecule has 0 spiro atoms. The summed E-state index contributed by atoms with van der Waals surface area (Å²) in [6.07, 6.45) is 8.95. The van der Waals surface area contributed by atoms with Crippen molar-refractivity contribution in [3.8, 4) is 11.7 Å². The summed E-state index contributed by atoms with van der Waals surface area (Å²) in [6, 6.07) is 10.9.